The maximum Gasteiger partial charge on any atom is 0.295 e. The van der Waals surface area contributed by atoms with Gasteiger partial charge in [-0.05, 0) is 24.5 Å². The van der Waals surface area contributed by atoms with Crippen LogP contribution in [0.15, 0.2) is 18.2 Å². The smallest absolute Gasteiger partial charge is 0.295 e. The lowest BCUT2D eigenvalue weighted by molar-refractivity contribution is 0.101. The van der Waals surface area contributed by atoms with Gasteiger partial charge in [0, 0.05) is 13.0 Å². The second-order valence-corrected chi connectivity index (χ2v) is 6.32. The third-order valence-corrected chi connectivity index (χ3v) is 4.85. The highest BCUT2D eigenvalue weighted by molar-refractivity contribution is 7.22. The molecule has 0 radical (unpaired) electrons. The minimum absolute atomic E-state index is 0.238. The summed E-state index contributed by atoms with van der Waals surface area (Å²) in [7, 11) is 0. The number of thiazole rings is 1. The summed E-state index contributed by atoms with van der Waals surface area (Å²) in [5.74, 6) is 1.03. The molecule has 1 aromatic carbocycles. The maximum absolute atomic E-state index is 12.4. The van der Waals surface area contributed by atoms with Gasteiger partial charge in [0.15, 0.2) is 5.13 Å². The van der Waals surface area contributed by atoms with Crippen molar-refractivity contribution in [2.45, 2.75) is 32.7 Å². The van der Waals surface area contributed by atoms with Gasteiger partial charge in [0.1, 0.15) is 5.82 Å². The van der Waals surface area contributed by atoms with Gasteiger partial charge in [0.25, 0.3) is 5.91 Å². The van der Waals surface area contributed by atoms with Crippen molar-refractivity contribution in [3.63, 3.8) is 0 Å². The van der Waals surface area contributed by atoms with Crippen molar-refractivity contribution in [2.24, 2.45) is 0 Å². The van der Waals surface area contributed by atoms with Crippen molar-refractivity contribution in [2.75, 3.05) is 5.32 Å². The number of rotatable bonds is 3. The van der Waals surface area contributed by atoms with Crippen LogP contribution in [0.5, 0.6) is 0 Å². The van der Waals surface area contributed by atoms with E-state index in [-0.39, 0.29) is 5.91 Å². The Morgan fingerprint density at radius 3 is 3.18 bits per heavy atom. The lowest BCUT2D eigenvalue weighted by Gasteiger charge is -2.02. The zero-order chi connectivity index (χ0) is 15.1. The molecule has 0 atom stereocenters. The van der Waals surface area contributed by atoms with Crippen LogP contribution in [0.25, 0.3) is 10.2 Å². The lowest BCUT2D eigenvalue weighted by Crippen LogP contribution is -2.17. The average molecular weight is 313 g/mol. The Kier molecular flexibility index (Phi) is 3.15. The molecule has 0 bridgehead atoms. The van der Waals surface area contributed by atoms with Gasteiger partial charge in [-0.2, -0.15) is 0 Å². The molecule has 2 aromatic heterocycles. The fourth-order valence-corrected chi connectivity index (χ4v) is 3.72. The SMILES string of the molecule is CCc1cccc2sc(NC(=O)c3nnc4n3CCC4)nc12. The standard InChI is InChI=1S/C15H15N5OS/c1-2-9-5-3-6-10-12(9)16-15(22-10)17-14(21)13-19-18-11-7-4-8-20(11)13/h3,5-6H,2,4,7-8H2,1H3,(H,16,17,21). The van der Waals surface area contributed by atoms with Gasteiger partial charge >= 0.3 is 0 Å². The molecule has 0 fully saturated rings. The van der Waals surface area contributed by atoms with Crippen molar-refractivity contribution in [1.29, 1.82) is 0 Å². The summed E-state index contributed by atoms with van der Waals surface area (Å²) in [4.78, 5) is 17.0. The number of fused-ring (bicyclic) bond motifs is 2. The van der Waals surface area contributed by atoms with Crippen LogP contribution >= 0.6 is 11.3 Å². The van der Waals surface area contributed by atoms with E-state index in [1.54, 1.807) is 0 Å². The molecule has 22 heavy (non-hydrogen) atoms. The summed E-state index contributed by atoms with van der Waals surface area (Å²) in [5.41, 5.74) is 2.16. The van der Waals surface area contributed by atoms with E-state index in [1.807, 2.05) is 16.7 Å². The van der Waals surface area contributed by atoms with E-state index in [1.165, 1.54) is 16.9 Å². The Morgan fingerprint density at radius 1 is 1.41 bits per heavy atom. The molecule has 1 amide bonds. The molecule has 0 saturated carbocycles. The van der Waals surface area contributed by atoms with Crippen LogP contribution in [0.3, 0.4) is 0 Å². The number of para-hydroxylation sites is 1. The molecular formula is C15H15N5OS. The normalized spacial score (nSPS) is 13.5. The van der Waals surface area contributed by atoms with Gasteiger partial charge in [-0.25, -0.2) is 4.98 Å². The Labute approximate surface area is 131 Å². The first-order chi connectivity index (χ1) is 10.8. The number of amides is 1. The van der Waals surface area contributed by atoms with Crippen LogP contribution in [0.1, 0.15) is 35.4 Å². The molecule has 3 aromatic rings. The van der Waals surface area contributed by atoms with Crippen molar-refractivity contribution in [1.82, 2.24) is 19.7 Å². The molecule has 7 heteroatoms. The number of nitrogens with zero attached hydrogens (tertiary/aromatic N) is 4. The molecule has 1 N–H and O–H groups in total. The molecule has 112 valence electrons. The monoisotopic (exact) mass is 313 g/mol. The Morgan fingerprint density at radius 2 is 2.32 bits per heavy atom. The lowest BCUT2D eigenvalue weighted by atomic mass is 10.1. The molecule has 0 saturated heterocycles. The summed E-state index contributed by atoms with van der Waals surface area (Å²) < 4.78 is 2.97. The number of aromatic nitrogens is 4. The van der Waals surface area contributed by atoms with E-state index in [0.29, 0.717) is 11.0 Å². The zero-order valence-corrected chi connectivity index (χ0v) is 13.0. The van der Waals surface area contributed by atoms with E-state index in [0.717, 1.165) is 41.8 Å². The van der Waals surface area contributed by atoms with Crippen LogP contribution in [0.4, 0.5) is 5.13 Å². The number of carbonyl (C=O) groups excluding carboxylic acids is 1. The first kappa shape index (κ1) is 13.4. The zero-order valence-electron chi connectivity index (χ0n) is 12.2. The molecule has 0 spiro atoms. The molecule has 4 rings (SSSR count). The summed E-state index contributed by atoms with van der Waals surface area (Å²) in [6, 6.07) is 6.12. The second kappa shape index (κ2) is 5.17. The maximum atomic E-state index is 12.4. The molecule has 1 aliphatic heterocycles. The number of nitrogens with one attached hydrogen (secondary N) is 1. The van der Waals surface area contributed by atoms with Gasteiger partial charge in [0.05, 0.1) is 10.2 Å². The third-order valence-electron chi connectivity index (χ3n) is 3.92. The van der Waals surface area contributed by atoms with Gasteiger partial charge in [-0.15, -0.1) is 10.2 Å². The first-order valence-corrected chi connectivity index (χ1v) is 8.19. The quantitative estimate of drug-likeness (QED) is 0.807. The summed E-state index contributed by atoms with van der Waals surface area (Å²) in [5, 5.41) is 11.5. The Balaban J connectivity index is 1.64. The highest BCUT2D eigenvalue weighted by Crippen LogP contribution is 2.29. The van der Waals surface area contributed by atoms with Crippen molar-refractivity contribution in [3.05, 3.63) is 35.4 Å². The van der Waals surface area contributed by atoms with Gasteiger partial charge in [0.2, 0.25) is 5.82 Å². The second-order valence-electron chi connectivity index (χ2n) is 5.29. The summed E-state index contributed by atoms with van der Waals surface area (Å²) >= 11 is 1.49. The molecule has 1 aliphatic rings. The molecule has 0 unspecified atom stereocenters. The Hall–Kier alpha value is -2.28. The van der Waals surface area contributed by atoms with E-state index in [2.05, 4.69) is 33.5 Å². The number of hydrogen-bond donors (Lipinski definition) is 1. The highest BCUT2D eigenvalue weighted by atomic mass is 32.1. The van der Waals surface area contributed by atoms with Crippen LogP contribution < -0.4 is 5.32 Å². The average Bonchev–Trinajstić information content (AvgIpc) is 3.20. The minimum atomic E-state index is -0.238. The molecule has 6 nitrogen and oxygen atoms in total. The van der Waals surface area contributed by atoms with Crippen LogP contribution in [-0.2, 0) is 19.4 Å². The number of hydrogen-bond acceptors (Lipinski definition) is 5. The molecular weight excluding hydrogens is 298 g/mol. The summed E-state index contributed by atoms with van der Waals surface area (Å²) in [6.45, 7) is 2.91. The topological polar surface area (TPSA) is 72.7 Å². The van der Waals surface area contributed by atoms with Gasteiger partial charge in [-0.1, -0.05) is 30.4 Å². The van der Waals surface area contributed by atoms with Gasteiger partial charge < -0.3 is 4.57 Å². The van der Waals surface area contributed by atoms with E-state index >= 15 is 0 Å². The number of benzene rings is 1. The van der Waals surface area contributed by atoms with E-state index < -0.39 is 0 Å². The van der Waals surface area contributed by atoms with Crippen LogP contribution in [0, 0.1) is 0 Å². The van der Waals surface area contributed by atoms with E-state index in [9.17, 15) is 4.79 Å². The first-order valence-electron chi connectivity index (χ1n) is 7.38. The molecule has 3 heterocycles. The largest absolute Gasteiger partial charge is 0.307 e. The Bertz CT molecular complexity index is 866. The van der Waals surface area contributed by atoms with Crippen LogP contribution in [-0.4, -0.2) is 25.7 Å². The predicted octanol–water partition coefficient (Wildman–Crippen LogP) is 2.65. The third kappa shape index (κ3) is 2.09. The van der Waals surface area contributed by atoms with Crippen LogP contribution in [0.2, 0.25) is 0 Å². The molecule has 0 aliphatic carbocycles. The minimum Gasteiger partial charge on any atom is -0.307 e. The van der Waals surface area contributed by atoms with Crippen molar-refractivity contribution in [3.8, 4) is 0 Å². The fourth-order valence-electron chi connectivity index (χ4n) is 2.82. The van der Waals surface area contributed by atoms with Gasteiger partial charge in [-0.3, -0.25) is 10.1 Å². The summed E-state index contributed by atoms with van der Waals surface area (Å²) in [6.07, 6.45) is 2.83. The van der Waals surface area contributed by atoms with E-state index in [4.69, 9.17) is 0 Å². The fraction of sp³-hybridized carbons (Fsp3) is 0.333. The van der Waals surface area contributed by atoms with Crippen molar-refractivity contribution < 1.29 is 4.79 Å². The number of anilines is 1. The number of carbonyl (C=O) groups is 1. The predicted molar refractivity (Wildman–Crippen MR) is 85.3 cm³/mol. The highest BCUT2D eigenvalue weighted by Gasteiger charge is 2.23. The number of aryl methyl sites for hydroxylation is 2. The van der Waals surface area contributed by atoms with Crippen molar-refractivity contribution >= 4 is 32.6 Å².